The Bertz CT molecular complexity index is 3050. The van der Waals surface area contributed by atoms with Gasteiger partial charge >= 0.3 is 6.09 Å². The van der Waals surface area contributed by atoms with E-state index < -0.39 is 77.4 Å². The molecule has 18 heteroatoms. The maximum atomic E-state index is 13.8. The van der Waals surface area contributed by atoms with Crippen molar-refractivity contribution in [2.45, 2.75) is 103 Å². The van der Waals surface area contributed by atoms with Crippen LogP contribution in [0.2, 0.25) is 0 Å². The van der Waals surface area contributed by atoms with Crippen molar-refractivity contribution >= 4 is 29.7 Å². The molecule has 14 nitrogen and oxygen atoms in total. The molecule has 0 saturated heterocycles. The van der Waals surface area contributed by atoms with E-state index in [1.54, 1.807) is 36.4 Å². The van der Waals surface area contributed by atoms with Crippen molar-refractivity contribution in [3.8, 4) is 5.75 Å². The maximum absolute atomic E-state index is 13.8. The van der Waals surface area contributed by atoms with Crippen LogP contribution in [0.5, 0.6) is 5.75 Å². The van der Waals surface area contributed by atoms with E-state index in [0.717, 1.165) is 69.8 Å². The highest BCUT2D eigenvalue weighted by molar-refractivity contribution is 6.22. The lowest BCUT2D eigenvalue weighted by Crippen LogP contribution is -2.53. The molecule has 2 aliphatic heterocycles. The Kier molecular flexibility index (Phi) is 19.7. The maximum Gasteiger partial charge on any atom is 0.415 e. The zero-order valence-corrected chi connectivity index (χ0v) is 43.7. The highest BCUT2D eigenvalue weighted by atomic mass is 19.1. The molecule has 0 bridgehead atoms. The number of aliphatic hydroxyl groups excluding tert-OH is 2. The number of carbonyl (C=O) groups excluding carboxylic acids is 5. The monoisotopic (exact) mass is 1070 g/mol. The molecule has 6 aromatic carbocycles. The molecule has 0 aromatic heterocycles. The van der Waals surface area contributed by atoms with Crippen LogP contribution in [0.3, 0.4) is 0 Å². The summed E-state index contributed by atoms with van der Waals surface area (Å²) in [6.45, 7) is 6.02. The number of fused-ring (bicyclic) bond motifs is 2. The predicted octanol–water partition coefficient (Wildman–Crippen LogP) is 7.66. The molecule has 0 saturated carbocycles. The molecular weight excluding hydrogens is 1010 g/mol. The quantitative estimate of drug-likeness (QED) is 0.0410. The molecule has 78 heavy (non-hydrogen) atoms. The molecular formula is C60H64F4N6O8. The minimum atomic E-state index is -1.26. The zero-order chi connectivity index (χ0) is 56.2. The molecule has 410 valence electrons. The Morgan fingerprint density at radius 1 is 0.603 bits per heavy atom. The average Bonchev–Trinajstić information content (AvgIpc) is 3.68. The van der Waals surface area contributed by atoms with Crippen LogP contribution in [-0.4, -0.2) is 110 Å². The van der Waals surface area contributed by atoms with Crippen LogP contribution in [0.25, 0.3) is 0 Å². The van der Waals surface area contributed by atoms with Crippen molar-refractivity contribution in [2.24, 2.45) is 11.5 Å². The summed E-state index contributed by atoms with van der Waals surface area (Å²) in [6, 6.07) is 32.2. The van der Waals surface area contributed by atoms with Gasteiger partial charge in [0.25, 0.3) is 11.8 Å². The van der Waals surface area contributed by atoms with E-state index in [-0.39, 0.29) is 74.6 Å². The van der Waals surface area contributed by atoms with Crippen molar-refractivity contribution < 1.29 is 56.5 Å². The first-order chi connectivity index (χ1) is 37.3. The topological polar surface area (TPSA) is 200 Å². The van der Waals surface area contributed by atoms with Gasteiger partial charge in [0.05, 0.1) is 29.9 Å². The van der Waals surface area contributed by atoms with Gasteiger partial charge in [-0.15, -0.1) is 0 Å². The highest BCUT2D eigenvalue weighted by Crippen LogP contribution is 2.28. The Hall–Kier alpha value is -7.77. The Morgan fingerprint density at radius 3 is 1.55 bits per heavy atom. The molecule has 2 heterocycles. The molecule has 0 radical (unpaired) electrons. The van der Waals surface area contributed by atoms with E-state index >= 15 is 0 Å². The van der Waals surface area contributed by atoms with Crippen LogP contribution in [-0.2, 0) is 54.9 Å². The van der Waals surface area contributed by atoms with Gasteiger partial charge < -0.3 is 41.1 Å². The van der Waals surface area contributed by atoms with Crippen molar-refractivity contribution in [1.29, 1.82) is 0 Å². The average molecular weight is 1070 g/mol. The number of hydrogen-bond acceptors (Lipinski definition) is 10. The number of nitrogens with two attached hydrogens (primary N) is 2. The number of amides is 5. The number of halogens is 4. The summed E-state index contributed by atoms with van der Waals surface area (Å²) < 4.78 is 59.9. The van der Waals surface area contributed by atoms with Gasteiger partial charge in [-0.05, 0) is 108 Å². The van der Waals surface area contributed by atoms with E-state index in [9.17, 15) is 51.7 Å². The van der Waals surface area contributed by atoms with Crippen LogP contribution in [0.15, 0.2) is 133 Å². The first-order valence-corrected chi connectivity index (χ1v) is 25.8. The van der Waals surface area contributed by atoms with Gasteiger partial charge in [0, 0.05) is 68.9 Å². The SMILES string of the molecule is CCc1cccc(CN(C[C@@H](O)[C@@H](N)Cc2cc(F)cc(F)c2)C(=O)C(C)N2C(=O)c3ccccc3C2=O)c1.CCc1cccc(CN(C[C@@H](O)[C@@H](N)Cc2cc(F)cc(F)c2)C(=O)CCN2Cc3ccccc3OC2=O)c1. The van der Waals surface area contributed by atoms with Crippen LogP contribution in [0.1, 0.15) is 86.9 Å². The van der Waals surface area contributed by atoms with E-state index in [0.29, 0.717) is 17.9 Å². The molecule has 0 fully saturated rings. The highest BCUT2D eigenvalue weighted by Gasteiger charge is 2.42. The van der Waals surface area contributed by atoms with Crippen molar-refractivity contribution in [1.82, 2.24) is 19.6 Å². The predicted molar refractivity (Wildman–Crippen MR) is 284 cm³/mol. The summed E-state index contributed by atoms with van der Waals surface area (Å²) in [6.07, 6.45) is -1.30. The molecule has 6 aromatic rings. The van der Waals surface area contributed by atoms with Gasteiger partial charge in [-0.3, -0.25) is 24.1 Å². The van der Waals surface area contributed by atoms with Gasteiger partial charge in [0.15, 0.2) is 0 Å². The minimum absolute atomic E-state index is 0.0157. The summed E-state index contributed by atoms with van der Waals surface area (Å²) in [4.78, 5) is 70.9. The number of hydrogen-bond donors (Lipinski definition) is 4. The summed E-state index contributed by atoms with van der Waals surface area (Å²) in [7, 11) is 0. The van der Waals surface area contributed by atoms with Crippen molar-refractivity contribution in [3.63, 3.8) is 0 Å². The first-order valence-electron chi connectivity index (χ1n) is 25.8. The minimum Gasteiger partial charge on any atom is -0.410 e. The van der Waals surface area contributed by atoms with Crippen LogP contribution in [0, 0.1) is 23.3 Å². The number of nitrogens with zero attached hydrogens (tertiary/aromatic N) is 4. The number of rotatable bonds is 21. The van der Waals surface area contributed by atoms with E-state index in [1.165, 1.54) is 33.8 Å². The lowest BCUT2D eigenvalue weighted by atomic mass is 10.0. The molecule has 0 spiro atoms. The standard InChI is InChI=1S/C30H31F2N3O4.C30H33F2N3O4/c1-3-19-7-6-8-20(11-19)16-34(17-27(36)26(33)14-21-12-22(31)15-23(32)13-21)28(37)18(2)35-29(38)24-9-4-5-10-25(24)30(35)39;1-2-20-6-5-7-21(12-20)17-35(19-27(36)26(33)15-22-13-24(31)16-25(32)14-22)29(37)10-11-34-18-23-8-3-4-9-28(23)39-30(34)38/h4-13,15,18,26-27,36H,3,14,16-17,33H2,1-2H3;3-9,12-14,16,26-27,36H,2,10-11,15,17-19,33H2,1H3/t18?,26-,27+;26-,27+/m00/s1. The molecule has 6 N–H and O–H groups in total. The summed E-state index contributed by atoms with van der Waals surface area (Å²) >= 11 is 0. The molecule has 5 amide bonds. The lowest BCUT2D eigenvalue weighted by molar-refractivity contribution is -0.137. The molecule has 8 rings (SSSR count). The van der Waals surface area contributed by atoms with E-state index in [4.69, 9.17) is 16.2 Å². The molecule has 2 aliphatic rings. The Balaban J connectivity index is 0.000000226. The number of carbonyl (C=O) groups is 5. The summed E-state index contributed by atoms with van der Waals surface area (Å²) in [5, 5.41) is 21.8. The molecule has 1 unspecified atom stereocenters. The fourth-order valence-electron chi connectivity index (χ4n) is 9.48. The van der Waals surface area contributed by atoms with Crippen molar-refractivity contribution in [2.75, 3.05) is 19.6 Å². The second-order valence-electron chi connectivity index (χ2n) is 19.6. The van der Waals surface area contributed by atoms with Gasteiger partial charge in [-0.2, -0.15) is 0 Å². The molecule has 0 aliphatic carbocycles. The van der Waals surface area contributed by atoms with Gasteiger partial charge in [-0.1, -0.05) is 92.7 Å². The third kappa shape index (κ3) is 15.0. The third-order valence-corrected chi connectivity index (χ3v) is 13.8. The second kappa shape index (κ2) is 26.5. The largest absolute Gasteiger partial charge is 0.415 e. The van der Waals surface area contributed by atoms with Gasteiger partial charge in [0.2, 0.25) is 11.8 Å². The van der Waals surface area contributed by atoms with Crippen LogP contribution < -0.4 is 16.2 Å². The summed E-state index contributed by atoms with van der Waals surface area (Å²) in [5.74, 6) is -4.39. The lowest BCUT2D eigenvalue weighted by Gasteiger charge is -2.32. The first kappa shape index (κ1) is 57.9. The Morgan fingerprint density at radius 2 is 1.05 bits per heavy atom. The van der Waals surface area contributed by atoms with Gasteiger partial charge in [0.1, 0.15) is 35.1 Å². The number of aryl methyl sites for hydroxylation is 2. The fourth-order valence-corrected chi connectivity index (χ4v) is 9.48. The normalized spacial score (nSPS) is 14.8. The number of aliphatic hydroxyl groups is 2. The zero-order valence-electron chi connectivity index (χ0n) is 43.7. The van der Waals surface area contributed by atoms with Crippen LogP contribution >= 0.6 is 0 Å². The second-order valence-corrected chi connectivity index (χ2v) is 19.6. The van der Waals surface area contributed by atoms with Crippen molar-refractivity contribution in [3.05, 3.63) is 207 Å². The number of para-hydroxylation sites is 1. The smallest absolute Gasteiger partial charge is 0.410 e. The number of ether oxygens (including phenoxy) is 1. The van der Waals surface area contributed by atoms with E-state index in [2.05, 4.69) is 0 Å². The van der Waals surface area contributed by atoms with Gasteiger partial charge in [-0.25, -0.2) is 22.4 Å². The van der Waals surface area contributed by atoms with Crippen LogP contribution in [0.4, 0.5) is 22.4 Å². The number of imide groups is 1. The Labute approximate surface area is 450 Å². The third-order valence-electron chi connectivity index (χ3n) is 13.8. The fraction of sp³-hybridized carbons (Fsp3) is 0.317. The summed E-state index contributed by atoms with van der Waals surface area (Å²) in [5.41, 5.74) is 18.1. The number of benzene rings is 6. The molecule has 5 atom stereocenters. The van der Waals surface area contributed by atoms with E-state index in [1.807, 2.05) is 74.5 Å².